The van der Waals surface area contributed by atoms with E-state index in [1.165, 1.54) is 6.42 Å². The number of piperidine rings is 1. The number of pyridine rings is 1. The van der Waals surface area contributed by atoms with Gasteiger partial charge in [-0.15, -0.1) is 5.10 Å². The van der Waals surface area contributed by atoms with E-state index >= 15 is 0 Å². The van der Waals surface area contributed by atoms with Crippen molar-refractivity contribution in [1.82, 2.24) is 15.2 Å². The molecule has 1 saturated carbocycles. The smallest absolute Gasteiger partial charge is 0.318 e. The Bertz CT molecular complexity index is 670. The van der Waals surface area contributed by atoms with Crippen LogP contribution in [0.15, 0.2) is 22.7 Å². The molecule has 23 heavy (non-hydrogen) atoms. The molecular formula is C17H22N4O2. The number of hydrogen-bond acceptors (Lipinski definition) is 6. The Morgan fingerprint density at radius 1 is 1.22 bits per heavy atom. The Kier molecular flexibility index (Phi) is 3.56. The molecule has 1 aliphatic heterocycles. The molecule has 2 aromatic heterocycles. The molecule has 0 radical (unpaired) electrons. The number of nitrogens with zero attached hydrogens (tertiary/aromatic N) is 4. The van der Waals surface area contributed by atoms with Gasteiger partial charge in [0.05, 0.1) is 5.69 Å². The Balaban J connectivity index is 1.43. The van der Waals surface area contributed by atoms with E-state index in [4.69, 9.17) is 4.42 Å². The van der Waals surface area contributed by atoms with Crippen molar-refractivity contribution in [2.45, 2.75) is 50.5 Å². The normalized spacial score (nSPS) is 21.2. The number of hydrogen-bond donors (Lipinski definition) is 1. The molecule has 0 bridgehead atoms. The van der Waals surface area contributed by atoms with Crippen LogP contribution in [0.1, 0.15) is 55.2 Å². The van der Waals surface area contributed by atoms with E-state index in [2.05, 4.69) is 20.1 Å². The minimum atomic E-state index is -0.860. The van der Waals surface area contributed by atoms with Crippen molar-refractivity contribution in [3.05, 3.63) is 35.5 Å². The molecule has 0 unspecified atom stereocenters. The summed E-state index contributed by atoms with van der Waals surface area (Å²) >= 11 is 0. The van der Waals surface area contributed by atoms with E-state index in [1.807, 2.05) is 25.3 Å². The number of anilines is 1. The number of rotatable bonds is 3. The summed E-state index contributed by atoms with van der Waals surface area (Å²) in [6.45, 7) is 3.38. The first kappa shape index (κ1) is 14.6. The van der Waals surface area contributed by atoms with Crippen LogP contribution < -0.4 is 4.90 Å². The van der Waals surface area contributed by atoms with Gasteiger partial charge in [-0.05, 0) is 44.2 Å². The predicted molar refractivity (Wildman–Crippen MR) is 85.2 cm³/mol. The molecule has 2 aromatic rings. The lowest BCUT2D eigenvalue weighted by molar-refractivity contribution is 0.00682. The summed E-state index contributed by atoms with van der Waals surface area (Å²) < 4.78 is 5.82. The van der Waals surface area contributed by atoms with Crippen LogP contribution in [0.3, 0.4) is 0 Å². The number of aromatic nitrogens is 3. The highest BCUT2D eigenvalue weighted by Crippen LogP contribution is 2.37. The second kappa shape index (κ2) is 5.60. The van der Waals surface area contributed by atoms with Crippen molar-refractivity contribution < 1.29 is 9.52 Å². The van der Waals surface area contributed by atoms with Crippen molar-refractivity contribution in [1.29, 1.82) is 0 Å². The molecule has 6 heteroatoms. The number of aryl methyl sites for hydroxylation is 1. The zero-order chi connectivity index (χ0) is 15.9. The summed E-state index contributed by atoms with van der Waals surface area (Å²) in [6, 6.07) is 4.51. The lowest BCUT2D eigenvalue weighted by Gasteiger charge is -2.37. The van der Waals surface area contributed by atoms with E-state index in [1.54, 1.807) is 0 Å². The van der Waals surface area contributed by atoms with Crippen molar-refractivity contribution in [2.75, 3.05) is 18.0 Å². The second-order valence-corrected chi connectivity index (χ2v) is 6.79. The quantitative estimate of drug-likeness (QED) is 0.938. The summed E-state index contributed by atoms with van der Waals surface area (Å²) in [4.78, 5) is 6.46. The molecular weight excluding hydrogens is 292 g/mol. The third-order valence-corrected chi connectivity index (χ3v) is 5.13. The van der Waals surface area contributed by atoms with E-state index in [0.29, 0.717) is 37.9 Å². The lowest BCUT2D eigenvalue weighted by atomic mass is 9.85. The summed E-state index contributed by atoms with van der Waals surface area (Å²) in [5, 5.41) is 19.3. The zero-order valence-corrected chi connectivity index (χ0v) is 13.4. The van der Waals surface area contributed by atoms with Crippen molar-refractivity contribution in [3.8, 4) is 0 Å². The molecule has 6 nitrogen and oxygen atoms in total. The SMILES string of the molecule is Cc1ccc(C2(O)CCN(c3nnc(C4CCC4)o3)CC2)nc1. The van der Waals surface area contributed by atoms with Crippen LogP contribution in [-0.4, -0.2) is 33.4 Å². The molecule has 1 N–H and O–H groups in total. The van der Waals surface area contributed by atoms with E-state index < -0.39 is 5.60 Å². The summed E-state index contributed by atoms with van der Waals surface area (Å²) in [7, 11) is 0. The van der Waals surface area contributed by atoms with Crippen LogP contribution in [0.5, 0.6) is 0 Å². The van der Waals surface area contributed by atoms with Gasteiger partial charge in [0.1, 0.15) is 5.60 Å². The average Bonchev–Trinajstić information content (AvgIpc) is 2.96. The Morgan fingerprint density at radius 2 is 2.00 bits per heavy atom. The van der Waals surface area contributed by atoms with E-state index in [9.17, 15) is 5.11 Å². The van der Waals surface area contributed by atoms with Gasteiger partial charge >= 0.3 is 6.01 Å². The number of aliphatic hydroxyl groups is 1. The van der Waals surface area contributed by atoms with Crippen molar-refractivity contribution >= 4 is 6.01 Å². The predicted octanol–water partition coefficient (Wildman–Crippen LogP) is 2.53. The Hall–Kier alpha value is -1.95. The topological polar surface area (TPSA) is 75.3 Å². The molecule has 0 atom stereocenters. The van der Waals surface area contributed by atoms with Gasteiger partial charge < -0.3 is 14.4 Å². The van der Waals surface area contributed by atoms with Gasteiger partial charge in [0.15, 0.2) is 0 Å². The van der Waals surface area contributed by atoms with E-state index in [-0.39, 0.29) is 0 Å². The third-order valence-electron chi connectivity index (χ3n) is 5.13. The van der Waals surface area contributed by atoms with Gasteiger partial charge in [0.25, 0.3) is 0 Å². The minimum absolute atomic E-state index is 0.453. The first-order chi connectivity index (χ1) is 11.1. The molecule has 1 aliphatic carbocycles. The first-order valence-corrected chi connectivity index (χ1v) is 8.38. The van der Waals surface area contributed by atoms with Crippen LogP contribution in [0, 0.1) is 6.92 Å². The monoisotopic (exact) mass is 314 g/mol. The lowest BCUT2D eigenvalue weighted by Crippen LogP contribution is -2.43. The first-order valence-electron chi connectivity index (χ1n) is 8.38. The fourth-order valence-electron chi connectivity index (χ4n) is 3.24. The van der Waals surface area contributed by atoms with Crippen LogP contribution >= 0.6 is 0 Å². The van der Waals surface area contributed by atoms with Gasteiger partial charge in [-0.2, -0.15) is 0 Å². The van der Waals surface area contributed by atoms with Crippen molar-refractivity contribution in [3.63, 3.8) is 0 Å². The van der Waals surface area contributed by atoms with Crippen molar-refractivity contribution in [2.24, 2.45) is 0 Å². The molecule has 1 saturated heterocycles. The molecule has 3 heterocycles. The molecule has 4 rings (SSSR count). The highest BCUT2D eigenvalue weighted by molar-refractivity contribution is 5.28. The van der Waals surface area contributed by atoms with Crippen LogP contribution in [-0.2, 0) is 5.60 Å². The standard InChI is InChI=1S/C17H22N4O2/c1-12-5-6-14(18-11-12)17(22)7-9-21(10-8-17)16-20-19-15(23-16)13-3-2-4-13/h5-6,11,13,22H,2-4,7-10H2,1H3. The van der Waals surface area contributed by atoms with Gasteiger partial charge in [0, 0.05) is 25.2 Å². The highest BCUT2D eigenvalue weighted by atomic mass is 16.4. The molecule has 122 valence electrons. The van der Waals surface area contributed by atoms with E-state index in [0.717, 1.165) is 30.0 Å². The Morgan fingerprint density at radius 3 is 2.61 bits per heavy atom. The maximum atomic E-state index is 10.9. The average molecular weight is 314 g/mol. The molecule has 2 aliphatic rings. The largest absolute Gasteiger partial charge is 0.408 e. The fraction of sp³-hybridized carbons (Fsp3) is 0.588. The molecule has 0 aromatic carbocycles. The maximum absolute atomic E-state index is 10.9. The van der Waals surface area contributed by atoms with Crippen LogP contribution in [0.4, 0.5) is 6.01 Å². The second-order valence-electron chi connectivity index (χ2n) is 6.79. The highest BCUT2D eigenvalue weighted by Gasteiger charge is 2.37. The van der Waals surface area contributed by atoms with Crippen LogP contribution in [0.25, 0.3) is 0 Å². The summed E-state index contributed by atoms with van der Waals surface area (Å²) in [5.74, 6) is 1.22. The van der Waals surface area contributed by atoms with Gasteiger partial charge in [-0.25, -0.2) is 0 Å². The third kappa shape index (κ3) is 2.72. The zero-order valence-electron chi connectivity index (χ0n) is 13.4. The minimum Gasteiger partial charge on any atom is -0.408 e. The molecule has 2 fully saturated rings. The summed E-state index contributed by atoms with van der Waals surface area (Å²) in [5.41, 5.74) is 0.994. The van der Waals surface area contributed by atoms with Gasteiger partial charge in [-0.1, -0.05) is 17.6 Å². The van der Waals surface area contributed by atoms with Crippen LogP contribution in [0.2, 0.25) is 0 Å². The maximum Gasteiger partial charge on any atom is 0.318 e. The molecule has 0 amide bonds. The molecule has 0 spiro atoms. The van der Waals surface area contributed by atoms with Gasteiger partial charge in [-0.3, -0.25) is 4.98 Å². The fourth-order valence-corrected chi connectivity index (χ4v) is 3.24. The Labute approximate surface area is 135 Å². The summed E-state index contributed by atoms with van der Waals surface area (Å²) in [6.07, 6.45) is 6.60. The van der Waals surface area contributed by atoms with Gasteiger partial charge in [0.2, 0.25) is 5.89 Å².